The van der Waals surface area contributed by atoms with E-state index in [2.05, 4.69) is 22.3 Å². The second-order valence-corrected chi connectivity index (χ2v) is 15.1. The normalized spacial score (nSPS) is 22.3. The lowest BCUT2D eigenvalue weighted by Crippen LogP contribution is -2.59. The number of carboxylic acid groups (broad SMARTS) is 1. The Balaban J connectivity index is 1.57. The summed E-state index contributed by atoms with van der Waals surface area (Å²) in [4.78, 5) is 69.4. The number of ether oxygens (including phenoxy) is 1. The van der Waals surface area contributed by atoms with Crippen LogP contribution >= 0.6 is 0 Å². The van der Waals surface area contributed by atoms with Crippen molar-refractivity contribution in [1.82, 2.24) is 25.3 Å². The van der Waals surface area contributed by atoms with Crippen molar-refractivity contribution in [3.8, 4) is 22.3 Å². The molecule has 1 saturated carbocycles. The maximum atomic E-state index is 14.5. The highest BCUT2D eigenvalue weighted by Gasteiger charge is 2.61. The van der Waals surface area contributed by atoms with E-state index < -0.39 is 70.0 Å². The molecule has 12 heteroatoms. The standard InChI is InChI=1S/C38H45N5O7/c1-8-25-20-38(25,34(47)48)41-31(44)28-19-26(22-42(28)33(46)30(36(2,3)4)40-35(49)50-37(5,6)7)43-32(45)29(24-17-13-10-14-18-24)27(21-39-43)23-15-11-9-12-16-23/h8-18,21,25-26,28,30H,1,19-20,22H2,2-7H3,(H,40,49)(H,41,44)(H,47,48). The number of nitrogens with one attached hydrogen (secondary N) is 2. The van der Waals surface area contributed by atoms with Gasteiger partial charge in [-0.05, 0) is 43.7 Å². The number of alkyl carbamates (subject to hydrolysis) is 1. The lowest BCUT2D eigenvalue weighted by molar-refractivity contribution is -0.146. The molecule has 5 rings (SSSR count). The van der Waals surface area contributed by atoms with Crippen LogP contribution in [0.5, 0.6) is 0 Å². The maximum Gasteiger partial charge on any atom is 0.408 e. The zero-order chi connectivity index (χ0) is 36.6. The Labute approximate surface area is 291 Å². The molecule has 3 aromatic rings. The second kappa shape index (κ2) is 13.6. The zero-order valence-electron chi connectivity index (χ0n) is 29.3. The number of amides is 3. The highest BCUT2D eigenvalue weighted by Crippen LogP contribution is 2.45. The number of carboxylic acids is 1. The average Bonchev–Trinajstić information content (AvgIpc) is 3.59. The number of benzene rings is 2. The Bertz CT molecular complexity index is 1840. The summed E-state index contributed by atoms with van der Waals surface area (Å²) < 4.78 is 6.75. The lowest BCUT2D eigenvalue weighted by atomic mass is 9.85. The molecule has 0 spiro atoms. The van der Waals surface area contributed by atoms with E-state index in [1.54, 1.807) is 47.7 Å². The van der Waals surface area contributed by atoms with Crippen LogP contribution in [0.2, 0.25) is 0 Å². The first kappa shape index (κ1) is 36.0. The van der Waals surface area contributed by atoms with Crippen LogP contribution in [0.25, 0.3) is 22.3 Å². The summed E-state index contributed by atoms with van der Waals surface area (Å²) in [5, 5.41) is 20.0. The quantitative estimate of drug-likeness (QED) is 0.271. The summed E-state index contributed by atoms with van der Waals surface area (Å²) in [5.41, 5.74) is -1.11. The minimum Gasteiger partial charge on any atom is -0.479 e. The minimum absolute atomic E-state index is 0.0266. The van der Waals surface area contributed by atoms with Gasteiger partial charge >= 0.3 is 12.1 Å². The molecule has 2 aliphatic rings. The summed E-state index contributed by atoms with van der Waals surface area (Å²) in [6.45, 7) is 14.0. The number of aromatic nitrogens is 2. The number of hydrogen-bond donors (Lipinski definition) is 3. The fraction of sp³-hybridized carbons (Fsp3) is 0.421. The highest BCUT2D eigenvalue weighted by molar-refractivity contribution is 5.96. The molecule has 2 heterocycles. The van der Waals surface area contributed by atoms with Gasteiger partial charge in [-0.1, -0.05) is 87.5 Å². The van der Waals surface area contributed by atoms with Crippen molar-refractivity contribution in [3.63, 3.8) is 0 Å². The number of aliphatic carboxylic acids is 1. The van der Waals surface area contributed by atoms with E-state index >= 15 is 0 Å². The summed E-state index contributed by atoms with van der Waals surface area (Å²) in [6.07, 6.45) is 2.42. The van der Waals surface area contributed by atoms with Crippen LogP contribution in [-0.4, -0.2) is 73.4 Å². The summed E-state index contributed by atoms with van der Waals surface area (Å²) in [6, 6.07) is 15.5. The first-order valence-electron chi connectivity index (χ1n) is 16.7. The molecule has 0 bridgehead atoms. The summed E-state index contributed by atoms with van der Waals surface area (Å²) in [5.74, 6) is -2.95. The molecule has 50 heavy (non-hydrogen) atoms. The van der Waals surface area contributed by atoms with E-state index in [-0.39, 0.29) is 19.4 Å². The summed E-state index contributed by atoms with van der Waals surface area (Å²) in [7, 11) is 0. The molecule has 5 unspecified atom stereocenters. The van der Waals surface area contributed by atoms with Crippen molar-refractivity contribution in [2.75, 3.05) is 6.54 Å². The topological polar surface area (TPSA) is 160 Å². The first-order valence-corrected chi connectivity index (χ1v) is 16.7. The number of carbonyl (C=O) groups excluding carboxylic acids is 3. The van der Waals surface area contributed by atoms with Crippen LogP contribution in [0.3, 0.4) is 0 Å². The highest BCUT2D eigenvalue weighted by atomic mass is 16.6. The van der Waals surface area contributed by atoms with Crippen molar-refractivity contribution in [2.45, 2.75) is 83.6 Å². The molecule has 1 aliphatic carbocycles. The smallest absolute Gasteiger partial charge is 0.408 e. The van der Waals surface area contributed by atoms with Crippen molar-refractivity contribution in [2.24, 2.45) is 11.3 Å². The van der Waals surface area contributed by atoms with Crippen molar-refractivity contribution < 1.29 is 29.0 Å². The molecule has 5 atom stereocenters. The van der Waals surface area contributed by atoms with Crippen LogP contribution in [-0.2, 0) is 19.1 Å². The van der Waals surface area contributed by atoms with Crippen LogP contribution in [0, 0.1) is 11.3 Å². The largest absolute Gasteiger partial charge is 0.479 e. The van der Waals surface area contributed by atoms with E-state index in [9.17, 15) is 29.1 Å². The summed E-state index contributed by atoms with van der Waals surface area (Å²) >= 11 is 0. The van der Waals surface area contributed by atoms with Crippen LogP contribution in [0.1, 0.15) is 60.4 Å². The molecule has 12 nitrogen and oxygen atoms in total. The molecular weight excluding hydrogens is 638 g/mol. The Morgan fingerprint density at radius 2 is 1.60 bits per heavy atom. The van der Waals surface area contributed by atoms with E-state index in [4.69, 9.17) is 4.74 Å². The second-order valence-electron chi connectivity index (χ2n) is 15.1. The molecular formula is C38H45N5O7. The molecule has 264 valence electrons. The predicted octanol–water partition coefficient (Wildman–Crippen LogP) is 4.80. The zero-order valence-corrected chi connectivity index (χ0v) is 29.3. The van der Waals surface area contributed by atoms with Gasteiger partial charge in [0.2, 0.25) is 11.8 Å². The average molecular weight is 684 g/mol. The molecule has 0 radical (unpaired) electrons. The van der Waals surface area contributed by atoms with Crippen LogP contribution < -0.4 is 16.2 Å². The first-order chi connectivity index (χ1) is 23.5. The van der Waals surface area contributed by atoms with Gasteiger partial charge in [-0.15, -0.1) is 6.58 Å². The predicted molar refractivity (Wildman–Crippen MR) is 188 cm³/mol. The number of carbonyl (C=O) groups is 4. The van der Waals surface area contributed by atoms with Gasteiger partial charge in [-0.25, -0.2) is 14.3 Å². The molecule has 2 fully saturated rings. The SMILES string of the molecule is C=CC1CC1(NC(=O)C1CC(n2ncc(-c3ccccc3)c(-c3ccccc3)c2=O)CN1C(=O)C(NC(=O)OC(C)(C)C)C(C)(C)C)C(=O)O. The Morgan fingerprint density at radius 3 is 2.12 bits per heavy atom. The number of nitrogens with zero attached hydrogens (tertiary/aromatic N) is 3. The van der Waals surface area contributed by atoms with E-state index in [1.165, 1.54) is 15.7 Å². The van der Waals surface area contributed by atoms with Gasteiger partial charge in [0, 0.05) is 24.4 Å². The number of hydrogen-bond acceptors (Lipinski definition) is 7. The van der Waals surface area contributed by atoms with Gasteiger partial charge in [0.1, 0.15) is 23.2 Å². The molecule has 1 saturated heterocycles. The van der Waals surface area contributed by atoms with E-state index in [0.717, 1.165) is 5.56 Å². The van der Waals surface area contributed by atoms with Crippen molar-refractivity contribution >= 4 is 23.9 Å². The third kappa shape index (κ3) is 7.34. The number of likely N-dealkylation sites (tertiary alicyclic amines) is 1. The van der Waals surface area contributed by atoms with E-state index in [1.807, 2.05) is 60.7 Å². The molecule has 1 aliphatic heterocycles. The third-order valence-corrected chi connectivity index (χ3v) is 9.16. The fourth-order valence-corrected chi connectivity index (χ4v) is 6.49. The molecule has 3 N–H and O–H groups in total. The van der Waals surface area contributed by atoms with Gasteiger partial charge in [-0.2, -0.15) is 5.10 Å². The Morgan fingerprint density at radius 1 is 1.00 bits per heavy atom. The van der Waals surface area contributed by atoms with Crippen LogP contribution in [0.4, 0.5) is 4.79 Å². The van der Waals surface area contributed by atoms with Gasteiger partial charge in [0.25, 0.3) is 5.56 Å². The third-order valence-electron chi connectivity index (χ3n) is 9.16. The number of rotatable bonds is 9. The lowest BCUT2D eigenvalue weighted by Gasteiger charge is -2.36. The maximum absolute atomic E-state index is 14.5. The Hall–Kier alpha value is -5.26. The minimum atomic E-state index is -1.54. The molecule has 1 aromatic heterocycles. The van der Waals surface area contributed by atoms with E-state index in [0.29, 0.717) is 16.7 Å². The van der Waals surface area contributed by atoms with Gasteiger partial charge in [0.15, 0.2) is 0 Å². The van der Waals surface area contributed by atoms with Gasteiger partial charge < -0.3 is 25.4 Å². The van der Waals surface area contributed by atoms with Gasteiger partial charge in [0.05, 0.1) is 17.8 Å². The Kier molecular flexibility index (Phi) is 9.78. The fourth-order valence-electron chi connectivity index (χ4n) is 6.49. The van der Waals surface area contributed by atoms with Crippen molar-refractivity contribution in [3.05, 3.63) is 89.9 Å². The molecule has 2 aromatic carbocycles. The monoisotopic (exact) mass is 683 g/mol. The van der Waals surface area contributed by atoms with Gasteiger partial charge in [-0.3, -0.25) is 14.4 Å². The van der Waals surface area contributed by atoms with Crippen molar-refractivity contribution in [1.29, 1.82) is 0 Å². The van der Waals surface area contributed by atoms with Crippen LogP contribution in [0.15, 0.2) is 84.3 Å². The molecule has 3 amide bonds.